The number of esters is 1. The van der Waals surface area contributed by atoms with Crippen molar-refractivity contribution in [2.75, 3.05) is 0 Å². The molecule has 3 aromatic rings. The van der Waals surface area contributed by atoms with E-state index in [0.717, 1.165) is 36.0 Å². The molecule has 186 valence electrons. The highest BCUT2D eigenvalue weighted by Crippen LogP contribution is 2.60. The number of carbonyl (C=O) groups excluding carboxylic acids is 2. The Hall–Kier alpha value is -3.40. The van der Waals surface area contributed by atoms with Gasteiger partial charge in [0.2, 0.25) is 0 Å². The summed E-state index contributed by atoms with van der Waals surface area (Å²) in [7, 11) is 0. The summed E-state index contributed by atoms with van der Waals surface area (Å²) in [5, 5.41) is 0. The number of hydrogen-bond donors (Lipinski definition) is 0. The van der Waals surface area contributed by atoms with Gasteiger partial charge in [0.15, 0.2) is 5.78 Å². The van der Waals surface area contributed by atoms with Gasteiger partial charge >= 0.3 is 5.97 Å². The highest BCUT2D eigenvalue weighted by molar-refractivity contribution is 6.17. The van der Waals surface area contributed by atoms with E-state index in [0.29, 0.717) is 41.2 Å². The number of ether oxygens (including phenoxy) is 2. The van der Waals surface area contributed by atoms with E-state index in [1.54, 1.807) is 0 Å². The Balaban J connectivity index is 1.30. The number of fused-ring (bicyclic) bond motifs is 3. The SMILES string of the molecule is O=C(OC12CC3CC(CC(C3)C1)C2)[C@@]1(C2c3ccccc3Oc3ccccc32)Cc2ccccc2C1=O. The zero-order chi connectivity index (χ0) is 24.8. The number of hydrogen-bond acceptors (Lipinski definition) is 4. The molecule has 5 aliphatic carbocycles. The van der Waals surface area contributed by atoms with Crippen LogP contribution in [-0.4, -0.2) is 17.4 Å². The van der Waals surface area contributed by atoms with E-state index >= 15 is 0 Å². The van der Waals surface area contributed by atoms with Crippen molar-refractivity contribution in [3.8, 4) is 11.5 Å². The predicted molar refractivity (Wildman–Crippen MR) is 139 cm³/mol. The molecule has 1 aliphatic heterocycles. The van der Waals surface area contributed by atoms with Crippen molar-refractivity contribution in [2.24, 2.45) is 23.2 Å². The molecule has 0 saturated heterocycles. The molecule has 0 aromatic heterocycles. The van der Waals surface area contributed by atoms with Crippen molar-refractivity contribution in [2.45, 2.75) is 56.5 Å². The van der Waals surface area contributed by atoms with Gasteiger partial charge in [0.05, 0.1) is 0 Å². The van der Waals surface area contributed by atoms with Crippen molar-refractivity contribution in [1.29, 1.82) is 0 Å². The van der Waals surface area contributed by atoms with Crippen molar-refractivity contribution in [1.82, 2.24) is 0 Å². The summed E-state index contributed by atoms with van der Waals surface area (Å²) in [5.74, 6) is 2.42. The van der Waals surface area contributed by atoms with Gasteiger partial charge in [-0.25, -0.2) is 0 Å². The van der Waals surface area contributed by atoms with E-state index in [-0.39, 0.29) is 11.8 Å². The Bertz CT molecular complexity index is 1370. The zero-order valence-corrected chi connectivity index (χ0v) is 20.8. The molecule has 1 atom stereocenters. The number of rotatable bonds is 3. The fourth-order valence-electron chi connectivity index (χ4n) is 8.92. The molecule has 0 spiro atoms. The first-order valence-corrected chi connectivity index (χ1v) is 13.8. The number of carbonyl (C=O) groups is 2. The lowest BCUT2D eigenvalue weighted by molar-refractivity contribution is -0.195. The van der Waals surface area contributed by atoms with Gasteiger partial charge in [-0.15, -0.1) is 0 Å². The zero-order valence-electron chi connectivity index (χ0n) is 20.8. The molecule has 4 fully saturated rings. The Morgan fingerprint density at radius 3 is 1.89 bits per heavy atom. The fourth-order valence-corrected chi connectivity index (χ4v) is 8.92. The Morgan fingerprint density at radius 2 is 1.30 bits per heavy atom. The van der Waals surface area contributed by atoms with E-state index in [4.69, 9.17) is 9.47 Å². The molecular weight excluding hydrogens is 460 g/mol. The van der Waals surface area contributed by atoms with Gasteiger partial charge in [0, 0.05) is 22.6 Å². The fraction of sp³-hybridized carbons (Fsp3) is 0.394. The van der Waals surface area contributed by atoms with E-state index < -0.39 is 16.9 Å². The second-order valence-corrected chi connectivity index (χ2v) is 12.2. The molecule has 4 bridgehead atoms. The highest BCUT2D eigenvalue weighted by atomic mass is 16.6. The third kappa shape index (κ3) is 3.02. The molecule has 1 heterocycles. The lowest BCUT2D eigenvalue weighted by Gasteiger charge is -2.56. The summed E-state index contributed by atoms with van der Waals surface area (Å²) in [4.78, 5) is 29.3. The van der Waals surface area contributed by atoms with Crippen LogP contribution in [0.15, 0.2) is 72.8 Å². The Morgan fingerprint density at radius 1 is 0.757 bits per heavy atom. The Kier molecular flexibility index (Phi) is 4.43. The van der Waals surface area contributed by atoms with Crippen LogP contribution in [0.4, 0.5) is 0 Å². The van der Waals surface area contributed by atoms with Gasteiger partial charge in [-0.2, -0.15) is 0 Å². The third-order valence-electron chi connectivity index (χ3n) is 9.96. The molecule has 4 saturated carbocycles. The average molecular weight is 491 g/mol. The minimum absolute atomic E-state index is 0.116. The van der Waals surface area contributed by atoms with E-state index in [2.05, 4.69) is 0 Å². The summed E-state index contributed by atoms with van der Waals surface area (Å²) in [6, 6.07) is 23.4. The highest BCUT2D eigenvalue weighted by Gasteiger charge is 2.62. The van der Waals surface area contributed by atoms with Crippen LogP contribution >= 0.6 is 0 Å². The van der Waals surface area contributed by atoms with Gasteiger partial charge in [-0.05, 0) is 80.4 Å². The van der Waals surface area contributed by atoms with Crippen molar-refractivity contribution in [3.05, 3.63) is 95.1 Å². The summed E-state index contributed by atoms with van der Waals surface area (Å²) >= 11 is 0. The molecule has 4 nitrogen and oxygen atoms in total. The molecular formula is C33H30O4. The quantitative estimate of drug-likeness (QED) is 0.297. The van der Waals surface area contributed by atoms with Crippen LogP contribution < -0.4 is 4.74 Å². The third-order valence-corrected chi connectivity index (χ3v) is 9.96. The maximum atomic E-state index is 14.8. The lowest BCUT2D eigenvalue weighted by Crippen LogP contribution is -2.56. The van der Waals surface area contributed by atoms with Crippen LogP contribution in [-0.2, 0) is 16.0 Å². The number of para-hydroxylation sites is 2. The minimum atomic E-state index is -1.36. The average Bonchev–Trinajstić information content (AvgIpc) is 3.19. The van der Waals surface area contributed by atoms with Crippen molar-refractivity contribution in [3.63, 3.8) is 0 Å². The second-order valence-electron chi connectivity index (χ2n) is 12.2. The summed E-state index contributed by atoms with van der Waals surface area (Å²) in [5.41, 5.74) is 1.55. The normalized spacial score (nSPS) is 32.9. The molecule has 0 N–H and O–H groups in total. The smallest absolute Gasteiger partial charge is 0.321 e. The van der Waals surface area contributed by atoms with Crippen LogP contribution in [0.2, 0.25) is 0 Å². The molecule has 9 rings (SSSR count). The molecule has 6 aliphatic rings. The van der Waals surface area contributed by atoms with Crippen LogP contribution in [0, 0.1) is 23.2 Å². The molecule has 4 heteroatoms. The van der Waals surface area contributed by atoms with E-state index in [1.165, 1.54) is 19.3 Å². The molecule has 37 heavy (non-hydrogen) atoms. The first kappa shape index (κ1) is 21.7. The van der Waals surface area contributed by atoms with Crippen LogP contribution in [0.3, 0.4) is 0 Å². The van der Waals surface area contributed by atoms with Gasteiger partial charge in [-0.1, -0.05) is 60.7 Å². The van der Waals surface area contributed by atoms with Crippen LogP contribution in [0.5, 0.6) is 11.5 Å². The minimum Gasteiger partial charge on any atom is -0.458 e. The molecule has 3 aromatic carbocycles. The summed E-state index contributed by atoms with van der Waals surface area (Å²) < 4.78 is 13.0. The number of Topliss-reactive ketones (excluding diaryl/α,β-unsaturated/α-hetero) is 1. The van der Waals surface area contributed by atoms with E-state index in [1.807, 2.05) is 72.8 Å². The van der Waals surface area contributed by atoms with E-state index in [9.17, 15) is 9.59 Å². The monoisotopic (exact) mass is 490 g/mol. The first-order valence-electron chi connectivity index (χ1n) is 13.8. The number of ketones is 1. The maximum absolute atomic E-state index is 14.8. The number of benzene rings is 3. The van der Waals surface area contributed by atoms with Crippen molar-refractivity contribution < 1.29 is 19.1 Å². The lowest BCUT2D eigenvalue weighted by atomic mass is 9.54. The molecule has 0 radical (unpaired) electrons. The summed E-state index contributed by atoms with van der Waals surface area (Å²) in [6.45, 7) is 0. The molecule has 0 amide bonds. The predicted octanol–water partition coefficient (Wildman–Crippen LogP) is 6.86. The standard InChI is InChI=1S/C33H30O4/c34-30-24-8-2-1-7-23(24)19-33(30,31(35)37-32-16-20-13-21(17-32)15-22(14-20)18-32)29-25-9-3-5-11-27(25)36-28-12-6-4-10-26(28)29/h1-12,20-22,29H,13-19H2/t20?,21?,22?,32?,33-/m1/s1. The van der Waals surface area contributed by atoms with Gasteiger partial charge in [0.25, 0.3) is 0 Å². The maximum Gasteiger partial charge on any atom is 0.321 e. The van der Waals surface area contributed by atoms with Crippen LogP contribution in [0.1, 0.15) is 71.5 Å². The largest absolute Gasteiger partial charge is 0.458 e. The topological polar surface area (TPSA) is 52.6 Å². The van der Waals surface area contributed by atoms with Crippen molar-refractivity contribution >= 4 is 11.8 Å². The van der Waals surface area contributed by atoms with Gasteiger partial charge in [-0.3, -0.25) is 9.59 Å². The van der Waals surface area contributed by atoms with Gasteiger partial charge in [0.1, 0.15) is 22.5 Å². The second kappa shape index (κ2) is 7.56. The molecule has 0 unspecified atom stereocenters. The summed E-state index contributed by atoms with van der Waals surface area (Å²) in [6.07, 6.45) is 7.00. The Labute approximate surface area is 217 Å². The van der Waals surface area contributed by atoms with Crippen LogP contribution in [0.25, 0.3) is 0 Å². The first-order chi connectivity index (χ1) is 18.0. The van der Waals surface area contributed by atoms with Gasteiger partial charge < -0.3 is 9.47 Å².